The zero-order valence-electron chi connectivity index (χ0n) is 11.4. The first-order valence-corrected chi connectivity index (χ1v) is 7.74. The summed E-state index contributed by atoms with van der Waals surface area (Å²) in [5, 5.41) is 13.4. The van der Waals surface area contributed by atoms with Gasteiger partial charge in [0.15, 0.2) is 0 Å². The molecule has 1 aromatic rings. The van der Waals surface area contributed by atoms with Gasteiger partial charge in [0.25, 0.3) is 0 Å². The van der Waals surface area contributed by atoms with E-state index < -0.39 is 0 Å². The van der Waals surface area contributed by atoms with Gasteiger partial charge >= 0.3 is 0 Å². The van der Waals surface area contributed by atoms with E-state index in [1.807, 2.05) is 25.1 Å². The Morgan fingerprint density at radius 3 is 2.89 bits per heavy atom. The fraction of sp³-hybridized carbons (Fsp3) is 0.571. The molecule has 1 saturated heterocycles. The fourth-order valence-corrected chi connectivity index (χ4v) is 3.18. The van der Waals surface area contributed by atoms with Gasteiger partial charge in [-0.15, -0.1) is 11.8 Å². The molecule has 5 heteroatoms. The minimum absolute atomic E-state index is 0.303. The molecule has 106 valence electrons. The molecule has 1 fully saturated rings. The van der Waals surface area contributed by atoms with Crippen molar-refractivity contribution in [2.24, 2.45) is 0 Å². The molecule has 1 aliphatic heterocycles. The molecule has 0 radical (unpaired) electrons. The third-order valence-corrected chi connectivity index (χ3v) is 4.61. The molecule has 0 aromatic heterocycles. The number of para-hydroxylation sites is 1. The maximum Gasteiger partial charge on any atom is 0.0760 e. The van der Waals surface area contributed by atoms with Crippen molar-refractivity contribution >= 4 is 17.4 Å². The van der Waals surface area contributed by atoms with Crippen LogP contribution in [0.4, 0.5) is 5.69 Å². The van der Waals surface area contributed by atoms with E-state index in [0.717, 1.165) is 48.9 Å². The van der Waals surface area contributed by atoms with E-state index in [1.54, 1.807) is 11.8 Å². The summed E-state index contributed by atoms with van der Waals surface area (Å²) in [5.74, 6) is 0.692. The van der Waals surface area contributed by atoms with Crippen molar-refractivity contribution in [1.82, 2.24) is 10.2 Å². The molecule has 0 saturated carbocycles. The van der Waals surface area contributed by atoms with E-state index >= 15 is 0 Å². The number of thioether (sulfide) groups is 1. The minimum Gasteiger partial charge on any atom is -0.398 e. The van der Waals surface area contributed by atoms with E-state index in [9.17, 15) is 5.11 Å². The van der Waals surface area contributed by atoms with Crippen LogP contribution in [0.25, 0.3) is 0 Å². The van der Waals surface area contributed by atoms with E-state index in [4.69, 9.17) is 5.73 Å². The lowest BCUT2D eigenvalue weighted by atomic mass is 10.2. The van der Waals surface area contributed by atoms with Crippen molar-refractivity contribution in [2.75, 3.05) is 44.2 Å². The number of nitrogens with two attached hydrogens (primary N) is 1. The number of nitrogen functional groups attached to an aromatic ring is 1. The van der Waals surface area contributed by atoms with Crippen LogP contribution in [0.1, 0.15) is 5.56 Å². The summed E-state index contributed by atoms with van der Waals surface area (Å²) in [4.78, 5) is 3.38. The number of benzene rings is 1. The highest BCUT2D eigenvalue weighted by molar-refractivity contribution is 7.99. The Hall–Kier alpha value is -0.750. The Balaban J connectivity index is 1.79. The van der Waals surface area contributed by atoms with Gasteiger partial charge in [-0.3, -0.25) is 4.90 Å². The first-order valence-electron chi connectivity index (χ1n) is 6.76. The molecule has 1 atom stereocenters. The zero-order chi connectivity index (χ0) is 13.7. The maximum atomic E-state index is 10.1. The lowest BCUT2D eigenvalue weighted by Crippen LogP contribution is -2.46. The number of aryl methyl sites for hydroxylation is 1. The van der Waals surface area contributed by atoms with Crippen LogP contribution in [-0.4, -0.2) is 54.6 Å². The van der Waals surface area contributed by atoms with Gasteiger partial charge in [-0.05, 0) is 18.6 Å². The number of piperazine rings is 1. The lowest BCUT2D eigenvalue weighted by molar-refractivity contribution is 0.121. The van der Waals surface area contributed by atoms with Crippen molar-refractivity contribution in [3.8, 4) is 0 Å². The summed E-state index contributed by atoms with van der Waals surface area (Å²) in [5.41, 5.74) is 7.97. The average Bonchev–Trinajstić information content (AvgIpc) is 2.42. The van der Waals surface area contributed by atoms with E-state index in [-0.39, 0.29) is 6.10 Å². The van der Waals surface area contributed by atoms with E-state index in [1.165, 1.54) is 0 Å². The molecular weight excluding hydrogens is 258 g/mol. The van der Waals surface area contributed by atoms with Gasteiger partial charge in [0.1, 0.15) is 0 Å². The first kappa shape index (κ1) is 14.7. The maximum absolute atomic E-state index is 10.1. The number of aliphatic hydroxyl groups excluding tert-OH is 1. The quantitative estimate of drug-likeness (QED) is 0.554. The Morgan fingerprint density at radius 2 is 2.16 bits per heavy atom. The summed E-state index contributed by atoms with van der Waals surface area (Å²) >= 11 is 1.64. The lowest BCUT2D eigenvalue weighted by Gasteiger charge is -2.29. The highest BCUT2D eigenvalue weighted by Crippen LogP contribution is 2.27. The molecule has 4 N–H and O–H groups in total. The number of aliphatic hydroxyl groups is 1. The summed E-state index contributed by atoms with van der Waals surface area (Å²) in [6.07, 6.45) is -0.303. The Kier molecular flexibility index (Phi) is 5.51. The van der Waals surface area contributed by atoms with Crippen LogP contribution in [0, 0.1) is 6.92 Å². The van der Waals surface area contributed by atoms with Crippen LogP contribution in [0.2, 0.25) is 0 Å². The molecule has 2 rings (SSSR count). The summed E-state index contributed by atoms with van der Waals surface area (Å²) < 4.78 is 0. The predicted molar refractivity (Wildman–Crippen MR) is 81.6 cm³/mol. The van der Waals surface area contributed by atoms with Crippen LogP contribution in [0.3, 0.4) is 0 Å². The second-order valence-electron chi connectivity index (χ2n) is 5.00. The van der Waals surface area contributed by atoms with E-state index in [2.05, 4.69) is 10.2 Å². The van der Waals surface area contributed by atoms with Gasteiger partial charge in [-0.2, -0.15) is 0 Å². The highest BCUT2D eigenvalue weighted by Gasteiger charge is 2.15. The average molecular weight is 281 g/mol. The molecule has 0 bridgehead atoms. The minimum atomic E-state index is -0.303. The highest BCUT2D eigenvalue weighted by atomic mass is 32.2. The van der Waals surface area contributed by atoms with Crippen molar-refractivity contribution in [1.29, 1.82) is 0 Å². The number of hydrogen-bond acceptors (Lipinski definition) is 5. The number of rotatable bonds is 5. The smallest absolute Gasteiger partial charge is 0.0760 e. The molecule has 0 aliphatic carbocycles. The van der Waals surface area contributed by atoms with Crippen molar-refractivity contribution < 1.29 is 5.11 Å². The van der Waals surface area contributed by atoms with E-state index in [0.29, 0.717) is 5.75 Å². The first-order chi connectivity index (χ1) is 9.16. The topological polar surface area (TPSA) is 61.5 Å². The molecular formula is C14H23N3OS. The van der Waals surface area contributed by atoms with Gasteiger partial charge < -0.3 is 16.2 Å². The largest absolute Gasteiger partial charge is 0.398 e. The summed E-state index contributed by atoms with van der Waals surface area (Å²) in [7, 11) is 0. The molecule has 4 nitrogen and oxygen atoms in total. The van der Waals surface area contributed by atoms with Gasteiger partial charge in [-0.1, -0.05) is 12.1 Å². The summed E-state index contributed by atoms with van der Waals surface area (Å²) in [6.45, 7) is 6.84. The molecule has 19 heavy (non-hydrogen) atoms. The monoisotopic (exact) mass is 281 g/mol. The Bertz CT molecular complexity index is 408. The number of anilines is 1. The van der Waals surface area contributed by atoms with Gasteiger partial charge in [0, 0.05) is 49.1 Å². The van der Waals surface area contributed by atoms with Gasteiger partial charge in [0.2, 0.25) is 0 Å². The molecule has 1 heterocycles. The SMILES string of the molecule is Cc1cccc(SCC(O)CN2CCNCC2)c1N. The Morgan fingerprint density at radius 1 is 1.42 bits per heavy atom. The summed E-state index contributed by atoms with van der Waals surface area (Å²) in [6, 6.07) is 6.04. The standard InChI is InChI=1S/C14H23N3OS/c1-11-3-2-4-13(14(11)15)19-10-12(18)9-17-7-5-16-6-8-17/h2-4,12,16,18H,5-10,15H2,1H3. The third-order valence-electron chi connectivity index (χ3n) is 3.39. The second kappa shape index (κ2) is 7.14. The molecule has 1 aromatic carbocycles. The molecule has 0 amide bonds. The van der Waals surface area contributed by atoms with Crippen LogP contribution < -0.4 is 11.1 Å². The molecule has 0 spiro atoms. The third kappa shape index (κ3) is 4.38. The van der Waals surface area contributed by atoms with Gasteiger partial charge in [-0.25, -0.2) is 0 Å². The van der Waals surface area contributed by atoms with Crippen molar-refractivity contribution in [3.05, 3.63) is 23.8 Å². The van der Waals surface area contributed by atoms with Crippen LogP contribution in [0.5, 0.6) is 0 Å². The molecule has 1 unspecified atom stereocenters. The number of nitrogens with one attached hydrogen (secondary N) is 1. The fourth-order valence-electron chi connectivity index (χ4n) is 2.21. The number of β-amino-alcohol motifs (C(OH)–C–C–N with tert-alkyl or cyclic N) is 1. The predicted octanol–water partition coefficient (Wildman–Crippen LogP) is 0.935. The van der Waals surface area contributed by atoms with Crippen LogP contribution in [-0.2, 0) is 0 Å². The number of nitrogens with zero attached hydrogens (tertiary/aromatic N) is 1. The zero-order valence-corrected chi connectivity index (χ0v) is 12.2. The second-order valence-corrected chi connectivity index (χ2v) is 6.06. The van der Waals surface area contributed by atoms with Crippen LogP contribution in [0.15, 0.2) is 23.1 Å². The Labute approximate surface area is 119 Å². The van der Waals surface area contributed by atoms with Crippen molar-refractivity contribution in [2.45, 2.75) is 17.9 Å². The normalized spacial score (nSPS) is 18.4. The van der Waals surface area contributed by atoms with Crippen LogP contribution >= 0.6 is 11.8 Å². The van der Waals surface area contributed by atoms with Crippen molar-refractivity contribution in [3.63, 3.8) is 0 Å². The van der Waals surface area contributed by atoms with Gasteiger partial charge in [0.05, 0.1) is 6.10 Å². The molecule has 1 aliphatic rings. The number of hydrogen-bond donors (Lipinski definition) is 3.